The lowest BCUT2D eigenvalue weighted by Crippen LogP contribution is -2.66. The Hall–Kier alpha value is -3.03. The minimum atomic E-state index is -1.99. The van der Waals surface area contributed by atoms with Crippen molar-refractivity contribution >= 4 is 5.91 Å². The van der Waals surface area contributed by atoms with E-state index in [-0.39, 0.29) is 18.9 Å². The molecule has 0 aromatic rings. The van der Waals surface area contributed by atoms with Gasteiger partial charge in [-0.25, -0.2) is 0 Å². The lowest BCUT2D eigenvalue weighted by molar-refractivity contribution is -0.379. The van der Waals surface area contributed by atoms with Gasteiger partial charge in [-0.15, -0.1) is 0 Å². The molecule has 3 aliphatic rings. The molecule has 3 fully saturated rings. The summed E-state index contributed by atoms with van der Waals surface area (Å²) in [5.41, 5.74) is 0. The number of unbranched alkanes of at least 4 members (excludes halogenated alkanes) is 39. The molecule has 0 saturated carbocycles. The van der Waals surface area contributed by atoms with E-state index >= 15 is 0 Å². The molecule has 3 heterocycles. The van der Waals surface area contributed by atoms with Gasteiger partial charge in [-0.1, -0.05) is 317 Å². The van der Waals surface area contributed by atoms with Gasteiger partial charge in [-0.05, 0) is 83.5 Å². The second-order valence-corrected chi connectivity index (χ2v) is 29.9. The Bertz CT molecular complexity index is 2230. The summed E-state index contributed by atoms with van der Waals surface area (Å²) >= 11 is 0. The molecule has 12 N–H and O–H groups in total. The van der Waals surface area contributed by atoms with Crippen molar-refractivity contribution in [1.29, 1.82) is 0 Å². The monoisotopic (exact) mass is 1490 g/mol. The van der Waals surface area contributed by atoms with Gasteiger partial charge in [0.05, 0.1) is 38.6 Å². The molecule has 0 aromatic carbocycles. The third-order valence-electron chi connectivity index (χ3n) is 20.7. The van der Waals surface area contributed by atoms with Crippen LogP contribution in [0.5, 0.6) is 0 Å². The number of carbonyl (C=O) groups is 1. The summed E-state index contributed by atoms with van der Waals surface area (Å²) in [7, 11) is 0. The average Bonchev–Trinajstić information content (AvgIpc) is 0.779. The quantitative estimate of drug-likeness (QED) is 0.0199. The Kier molecular flexibility index (Phi) is 60.1. The predicted molar refractivity (Wildman–Crippen MR) is 420 cm³/mol. The van der Waals surface area contributed by atoms with E-state index < -0.39 is 124 Å². The molecule has 17 atom stereocenters. The molecule has 3 saturated heterocycles. The van der Waals surface area contributed by atoms with Gasteiger partial charge in [0.2, 0.25) is 5.91 Å². The lowest BCUT2D eigenvalue weighted by atomic mass is 9.96. The molecule has 3 aliphatic heterocycles. The van der Waals surface area contributed by atoms with Gasteiger partial charge in [-0.3, -0.25) is 4.79 Å². The minimum absolute atomic E-state index is 0.233. The zero-order chi connectivity index (χ0) is 76.0. The first kappa shape index (κ1) is 96.2. The van der Waals surface area contributed by atoms with E-state index in [2.05, 4.69) is 92.1 Å². The average molecular weight is 1490 g/mol. The zero-order valence-corrected chi connectivity index (χ0v) is 65.4. The largest absolute Gasteiger partial charge is 0.394 e. The molecule has 0 bridgehead atoms. The number of ether oxygens (including phenoxy) is 6. The first-order valence-corrected chi connectivity index (χ1v) is 42.3. The summed E-state index contributed by atoms with van der Waals surface area (Å²) in [6, 6.07) is -1.000. The topological polar surface area (TPSA) is 307 Å². The van der Waals surface area contributed by atoms with Gasteiger partial charge in [0.15, 0.2) is 18.9 Å². The maximum Gasteiger partial charge on any atom is 0.220 e. The van der Waals surface area contributed by atoms with Gasteiger partial charge in [0.25, 0.3) is 0 Å². The van der Waals surface area contributed by atoms with Crippen LogP contribution in [0.25, 0.3) is 0 Å². The molecule has 610 valence electrons. The molecular formula is C86H153NO18. The molecule has 0 spiro atoms. The van der Waals surface area contributed by atoms with Crippen molar-refractivity contribution < 1.29 is 89.4 Å². The first-order chi connectivity index (χ1) is 51.3. The van der Waals surface area contributed by atoms with Crippen LogP contribution < -0.4 is 5.32 Å². The Morgan fingerprint density at radius 3 is 1.07 bits per heavy atom. The maximum absolute atomic E-state index is 13.5. The van der Waals surface area contributed by atoms with Crippen LogP contribution in [0.3, 0.4) is 0 Å². The molecule has 17 unspecified atom stereocenters. The second-order valence-electron chi connectivity index (χ2n) is 29.9. The highest BCUT2D eigenvalue weighted by Crippen LogP contribution is 2.33. The van der Waals surface area contributed by atoms with Gasteiger partial charge >= 0.3 is 0 Å². The van der Waals surface area contributed by atoms with E-state index in [1.165, 1.54) is 218 Å². The fourth-order valence-electron chi connectivity index (χ4n) is 13.9. The molecule has 19 nitrogen and oxygen atoms in total. The number of carbonyl (C=O) groups excluding carboxylic acids is 1. The van der Waals surface area contributed by atoms with E-state index in [1.54, 1.807) is 6.08 Å². The van der Waals surface area contributed by atoms with Crippen LogP contribution in [0.2, 0.25) is 0 Å². The third kappa shape index (κ3) is 45.2. The Morgan fingerprint density at radius 1 is 0.352 bits per heavy atom. The highest BCUT2D eigenvalue weighted by Gasteiger charge is 2.54. The third-order valence-corrected chi connectivity index (χ3v) is 20.7. The van der Waals surface area contributed by atoms with Crippen molar-refractivity contribution in [3.05, 3.63) is 85.1 Å². The van der Waals surface area contributed by atoms with Crippen molar-refractivity contribution in [2.24, 2.45) is 0 Å². The van der Waals surface area contributed by atoms with Gasteiger partial charge in [-0.2, -0.15) is 0 Å². The van der Waals surface area contributed by atoms with Gasteiger partial charge in [0.1, 0.15) is 73.2 Å². The van der Waals surface area contributed by atoms with Crippen molar-refractivity contribution in [3.8, 4) is 0 Å². The number of hydrogen-bond donors (Lipinski definition) is 12. The minimum Gasteiger partial charge on any atom is -0.394 e. The smallest absolute Gasteiger partial charge is 0.220 e. The van der Waals surface area contributed by atoms with Crippen LogP contribution in [-0.2, 0) is 33.2 Å². The molecule has 0 aromatic heterocycles. The molecule has 1 amide bonds. The number of aliphatic hydroxyl groups is 11. The SMILES string of the molecule is CC/C=C\C/C=C\C/C=C\C/C=C\CCCCCCCCCCCCCCCCCCCCCCCCCCC(=O)NC(COC1OC(CO)C(OC2OC(CO)C(OC3OC(CO)C(O)C(O)C3O)C(O)C2O)C(O)C1O)C(O)/C=C/CC/C=C/CC/C=C/CCCCCCCCCCCCCCC. The van der Waals surface area contributed by atoms with Crippen LogP contribution in [0.1, 0.15) is 322 Å². The number of amides is 1. The summed E-state index contributed by atoms with van der Waals surface area (Å²) in [6.07, 6.45) is 61.6. The van der Waals surface area contributed by atoms with Crippen molar-refractivity contribution in [3.63, 3.8) is 0 Å². The standard InChI is InChI=1S/C86H153NO18/c1-3-5-7-9-11-13-15-17-19-21-23-25-27-28-29-30-31-32-33-34-35-36-37-38-39-40-42-44-46-48-50-52-54-56-58-60-62-64-74(92)87-69(70(91)63-61-59-57-55-53-51-49-47-45-43-41-26-24-22-20-18-16-14-12-10-8-6-4-2)68-100-84-80(98)77(95)82(72(66-89)102-84)105-86-81(99)78(96)83(73(67-90)103-86)104-85-79(97)76(94)75(93)71(65-88)101-85/h5,7,11,13,17,19,23,25,45,47,53,55,61,63,69-73,75-86,88-91,93-99H,3-4,6,8-10,12,14-16,18,20-22,24,26-44,46,48-52,54,56-60,62,64-68H2,1-2H3,(H,87,92)/b7-5-,13-11-,19-17-,25-23-,47-45+,55-53+,63-61+. The summed E-state index contributed by atoms with van der Waals surface area (Å²) in [5.74, 6) is -0.285. The van der Waals surface area contributed by atoms with E-state index in [0.717, 1.165) is 70.6 Å². The highest BCUT2D eigenvalue weighted by molar-refractivity contribution is 5.76. The molecule has 0 aliphatic carbocycles. The number of aliphatic hydroxyl groups excluding tert-OH is 11. The van der Waals surface area contributed by atoms with Crippen molar-refractivity contribution in [2.75, 3.05) is 26.4 Å². The van der Waals surface area contributed by atoms with E-state index in [1.807, 2.05) is 6.08 Å². The fraction of sp³-hybridized carbons (Fsp3) is 0.826. The normalized spacial score (nSPS) is 26.2. The van der Waals surface area contributed by atoms with Gasteiger partial charge in [0, 0.05) is 6.42 Å². The van der Waals surface area contributed by atoms with E-state index in [9.17, 15) is 61.0 Å². The zero-order valence-electron chi connectivity index (χ0n) is 65.4. The van der Waals surface area contributed by atoms with E-state index in [4.69, 9.17) is 28.4 Å². The second kappa shape index (κ2) is 65.7. The number of allylic oxidation sites excluding steroid dienone is 13. The van der Waals surface area contributed by atoms with Crippen molar-refractivity contribution in [2.45, 2.75) is 426 Å². The molecular weight excluding hydrogens is 1330 g/mol. The lowest BCUT2D eigenvalue weighted by Gasteiger charge is -2.48. The number of rotatable bonds is 67. The summed E-state index contributed by atoms with van der Waals surface area (Å²) in [4.78, 5) is 13.5. The van der Waals surface area contributed by atoms with E-state index in [0.29, 0.717) is 12.8 Å². The highest BCUT2D eigenvalue weighted by atomic mass is 16.8. The predicted octanol–water partition coefficient (Wildman–Crippen LogP) is 15.0. The summed E-state index contributed by atoms with van der Waals surface area (Å²) in [6.45, 7) is 1.63. The number of hydrogen-bond acceptors (Lipinski definition) is 18. The number of nitrogens with one attached hydrogen (secondary N) is 1. The van der Waals surface area contributed by atoms with Crippen LogP contribution in [0, 0.1) is 0 Å². The van der Waals surface area contributed by atoms with Crippen molar-refractivity contribution in [1.82, 2.24) is 5.32 Å². The maximum atomic E-state index is 13.5. The van der Waals surface area contributed by atoms with Crippen LogP contribution in [-0.4, -0.2) is 193 Å². The molecule has 3 rings (SSSR count). The Balaban J connectivity index is 1.34. The van der Waals surface area contributed by atoms with Gasteiger partial charge < -0.3 is 89.9 Å². The molecule has 0 radical (unpaired) electrons. The Morgan fingerprint density at radius 2 is 0.667 bits per heavy atom. The molecule has 19 heteroatoms. The summed E-state index contributed by atoms with van der Waals surface area (Å²) in [5, 5.41) is 121. The fourth-order valence-corrected chi connectivity index (χ4v) is 13.9. The van der Waals surface area contributed by atoms with Crippen LogP contribution in [0.4, 0.5) is 0 Å². The Labute approximate surface area is 635 Å². The summed E-state index contributed by atoms with van der Waals surface area (Å²) < 4.78 is 34.4. The van der Waals surface area contributed by atoms with Crippen LogP contribution >= 0.6 is 0 Å². The first-order valence-electron chi connectivity index (χ1n) is 42.3. The molecule has 105 heavy (non-hydrogen) atoms. The van der Waals surface area contributed by atoms with Crippen LogP contribution in [0.15, 0.2) is 85.1 Å².